The first kappa shape index (κ1) is 18.9. The number of carbonyl (C=O) groups excluding carboxylic acids is 2. The first-order valence-corrected chi connectivity index (χ1v) is 9.21. The van der Waals surface area contributed by atoms with Gasteiger partial charge in [-0.05, 0) is 49.9 Å². The number of rotatable bonds is 6. The van der Waals surface area contributed by atoms with Crippen molar-refractivity contribution in [3.05, 3.63) is 47.5 Å². The number of amides is 2. The zero-order valence-electron chi connectivity index (χ0n) is 15.9. The van der Waals surface area contributed by atoms with Crippen LogP contribution in [0.5, 0.6) is 5.75 Å². The molecule has 0 unspecified atom stereocenters. The number of hydrogen-bond acceptors (Lipinski definition) is 4. The number of hydrogen-bond donors (Lipinski definition) is 1. The summed E-state index contributed by atoms with van der Waals surface area (Å²) in [6.45, 7) is 5.47. The largest absolute Gasteiger partial charge is 0.484 e. The van der Waals surface area contributed by atoms with E-state index in [4.69, 9.17) is 10.5 Å². The molecular weight excluding hydrogens is 344 g/mol. The second-order valence-electron chi connectivity index (χ2n) is 7.09. The van der Waals surface area contributed by atoms with E-state index < -0.39 is 5.91 Å². The molecule has 2 aromatic rings. The summed E-state index contributed by atoms with van der Waals surface area (Å²) in [5.74, 6) is 1.17. The summed E-state index contributed by atoms with van der Waals surface area (Å²) in [4.78, 5) is 30.0. The van der Waals surface area contributed by atoms with E-state index in [-0.39, 0.29) is 25.0 Å². The second-order valence-corrected chi connectivity index (χ2v) is 7.09. The Hall–Kier alpha value is -2.83. The lowest BCUT2D eigenvalue weighted by Gasteiger charge is -2.32. The Kier molecular flexibility index (Phi) is 5.78. The van der Waals surface area contributed by atoms with Gasteiger partial charge in [-0.3, -0.25) is 9.59 Å². The van der Waals surface area contributed by atoms with Crippen molar-refractivity contribution in [2.45, 2.75) is 39.2 Å². The zero-order valence-corrected chi connectivity index (χ0v) is 15.9. The molecule has 0 bridgehead atoms. The lowest BCUT2D eigenvalue weighted by Crippen LogP contribution is -2.42. The van der Waals surface area contributed by atoms with E-state index >= 15 is 0 Å². The highest BCUT2D eigenvalue weighted by atomic mass is 16.5. The van der Waals surface area contributed by atoms with Crippen LogP contribution in [0.15, 0.2) is 30.6 Å². The van der Waals surface area contributed by atoms with Crippen LogP contribution in [0.3, 0.4) is 0 Å². The number of imidazole rings is 1. The predicted octanol–water partition coefficient (Wildman–Crippen LogP) is 1.77. The van der Waals surface area contributed by atoms with Gasteiger partial charge < -0.3 is 19.9 Å². The van der Waals surface area contributed by atoms with Gasteiger partial charge in [0.1, 0.15) is 18.1 Å². The maximum atomic E-state index is 12.6. The van der Waals surface area contributed by atoms with Gasteiger partial charge in [-0.1, -0.05) is 6.07 Å². The molecule has 1 saturated heterocycles. The van der Waals surface area contributed by atoms with Crippen molar-refractivity contribution in [1.29, 1.82) is 0 Å². The molecule has 2 heterocycles. The van der Waals surface area contributed by atoms with Gasteiger partial charge in [-0.2, -0.15) is 0 Å². The van der Waals surface area contributed by atoms with Crippen molar-refractivity contribution in [1.82, 2.24) is 14.5 Å². The van der Waals surface area contributed by atoms with Crippen LogP contribution >= 0.6 is 0 Å². The Morgan fingerprint density at radius 1 is 1.30 bits per heavy atom. The molecular formula is C20H26N4O3. The van der Waals surface area contributed by atoms with Crippen molar-refractivity contribution in [3.63, 3.8) is 0 Å². The summed E-state index contributed by atoms with van der Waals surface area (Å²) in [5, 5.41) is 0. The minimum atomic E-state index is -0.403. The molecule has 7 nitrogen and oxygen atoms in total. The van der Waals surface area contributed by atoms with Gasteiger partial charge in [-0.15, -0.1) is 0 Å². The monoisotopic (exact) mass is 370 g/mol. The maximum absolute atomic E-state index is 12.6. The summed E-state index contributed by atoms with van der Waals surface area (Å²) in [7, 11) is 0. The number of nitrogens with zero attached hydrogens (tertiary/aromatic N) is 3. The highest BCUT2D eigenvalue weighted by Gasteiger charge is 2.27. The molecule has 0 saturated carbocycles. The maximum Gasteiger partial charge on any atom is 0.260 e. The summed E-state index contributed by atoms with van der Waals surface area (Å²) >= 11 is 0. The van der Waals surface area contributed by atoms with Crippen LogP contribution in [0.2, 0.25) is 0 Å². The van der Waals surface area contributed by atoms with Crippen molar-refractivity contribution in [2.24, 2.45) is 5.73 Å². The number of nitrogens with two attached hydrogens (primary N) is 1. The Morgan fingerprint density at radius 3 is 2.85 bits per heavy atom. The highest BCUT2D eigenvalue weighted by molar-refractivity contribution is 5.78. The smallest absolute Gasteiger partial charge is 0.260 e. The molecule has 2 N–H and O–H groups in total. The van der Waals surface area contributed by atoms with E-state index in [1.165, 1.54) is 5.56 Å². The molecule has 144 valence electrons. The number of primary amides is 1. The van der Waals surface area contributed by atoms with E-state index in [2.05, 4.69) is 4.98 Å². The zero-order chi connectivity index (χ0) is 19.4. The van der Waals surface area contributed by atoms with Crippen LogP contribution in [-0.2, 0) is 16.1 Å². The summed E-state index contributed by atoms with van der Waals surface area (Å²) in [6, 6.07) is 5.82. The number of piperidine rings is 1. The van der Waals surface area contributed by atoms with E-state index in [0.717, 1.165) is 24.2 Å². The molecule has 1 aromatic carbocycles. The summed E-state index contributed by atoms with van der Waals surface area (Å²) in [5.41, 5.74) is 7.64. The molecule has 27 heavy (non-hydrogen) atoms. The van der Waals surface area contributed by atoms with E-state index in [1.807, 2.05) is 36.9 Å². The fraction of sp³-hybridized carbons (Fsp3) is 0.450. The SMILES string of the molecule is Cc1ccc(OCC(=O)N2CCC[C@@H](c3nccn3CC(N)=O)C2)cc1C. The lowest BCUT2D eigenvalue weighted by molar-refractivity contribution is -0.134. The van der Waals surface area contributed by atoms with Gasteiger partial charge in [-0.25, -0.2) is 4.98 Å². The molecule has 2 amide bonds. The third-order valence-electron chi connectivity index (χ3n) is 5.05. The van der Waals surface area contributed by atoms with E-state index in [1.54, 1.807) is 17.0 Å². The third kappa shape index (κ3) is 4.67. The van der Waals surface area contributed by atoms with Crippen molar-refractivity contribution < 1.29 is 14.3 Å². The van der Waals surface area contributed by atoms with Crippen molar-refractivity contribution >= 4 is 11.8 Å². The number of benzene rings is 1. The number of carbonyl (C=O) groups is 2. The Labute approximate surface area is 159 Å². The van der Waals surface area contributed by atoms with Gasteiger partial charge >= 0.3 is 0 Å². The molecule has 3 rings (SSSR count). The summed E-state index contributed by atoms with van der Waals surface area (Å²) in [6.07, 6.45) is 5.24. The van der Waals surface area contributed by atoms with Crippen LogP contribution < -0.4 is 10.5 Å². The predicted molar refractivity (Wildman–Crippen MR) is 101 cm³/mol. The number of ether oxygens (including phenoxy) is 1. The number of aromatic nitrogens is 2. The molecule has 1 fully saturated rings. The molecule has 1 atom stereocenters. The van der Waals surface area contributed by atoms with Gasteiger partial charge in [0.15, 0.2) is 6.61 Å². The topological polar surface area (TPSA) is 90.4 Å². The molecule has 0 spiro atoms. The number of aryl methyl sites for hydroxylation is 2. The second kappa shape index (κ2) is 8.24. The van der Waals surface area contributed by atoms with Crippen molar-refractivity contribution in [3.8, 4) is 5.75 Å². The standard InChI is InChI=1S/C20H26N4O3/c1-14-5-6-17(10-15(14)2)27-13-19(26)23-8-3-4-16(11-23)20-22-7-9-24(20)12-18(21)25/h5-7,9-10,16H,3-4,8,11-13H2,1-2H3,(H2,21,25)/t16-/m1/s1. The first-order chi connectivity index (χ1) is 12.9. The average Bonchev–Trinajstić information content (AvgIpc) is 3.10. The highest BCUT2D eigenvalue weighted by Crippen LogP contribution is 2.26. The molecule has 1 aliphatic rings. The van der Waals surface area contributed by atoms with Crippen LogP contribution in [0.25, 0.3) is 0 Å². The number of likely N-dealkylation sites (tertiary alicyclic amines) is 1. The molecule has 1 aromatic heterocycles. The Bertz CT molecular complexity index is 830. The van der Waals surface area contributed by atoms with Crippen LogP contribution in [-0.4, -0.2) is 46.0 Å². The molecule has 7 heteroatoms. The minimum Gasteiger partial charge on any atom is -0.484 e. The lowest BCUT2D eigenvalue weighted by atomic mass is 9.97. The molecule has 0 aliphatic carbocycles. The van der Waals surface area contributed by atoms with Gasteiger partial charge in [0.2, 0.25) is 5.91 Å². The van der Waals surface area contributed by atoms with E-state index in [9.17, 15) is 9.59 Å². The van der Waals surface area contributed by atoms with Gasteiger partial charge in [0.05, 0.1) is 0 Å². The first-order valence-electron chi connectivity index (χ1n) is 9.21. The van der Waals surface area contributed by atoms with Gasteiger partial charge in [0, 0.05) is 31.4 Å². The van der Waals surface area contributed by atoms with Crippen molar-refractivity contribution in [2.75, 3.05) is 19.7 Å². The fourth-order valence-electron chi connectivity index (χ4n) is 3.44. The van der Waals surface area contributed by atoms with Crippen LogP contribution in [0.4, 0.5) is 0 Å². The van der Waals surface area contributed by atoms with Gasteiger partial charge in [0.25, 0.3) is 5.91 Å². The Balaban J connectivity index is 1.60. The average molecular weight is 370 g/mol. The third-order valence-corrected chi connectivity index (χ3v) is 5.05. The van der Waals surface area contributed by atoms with E-state index in [0.29, 0.717) is 18.8 Å². The summed E-state index contributed by atoms with van der Waals surface area (Å²) < 4.78 is 7.46. The van der Waals surface area contributed by atoms with Crippen LogP contribution in [0, 0.1) is 13.8 Å². The quantitative estimate of drug-likeness (QED) is 0.839. The fourth-order valence-corrected chi connectivity index (χ4v) is 3.44. The minimum absolute atomic E-state index is 0.0188. The molecule has 1 aliphatic heterocycles. The normalized spacial score (nSPS) is 17.0. The van der Waals surface area contributed by atoms with Crippen LogP contribution in [0.1, 0.15) is 35.7 Å². The Morgan fingerprint density at radius 2 is 2.11 bits per heavy atom. The molecule has 0 radical (unpaired) electrons.